The Hall–Kier alpha value is -1.25. The van der Waals surface area contributed by atoms with Crippen molar-refractivity contribution in [2.75, 3.05) is 19.0 Å². The topological polar surface area (TPSA) is 34.1 Å². The molecule has 0 spiro atoms. The molecule has 0 amide bonds. The van der Waals surface area contributed by atoms with Crippen LogP contribution in [0.25, 0.3) is 0 Å². The lowest BCUT2D eigenvalue weighted by Gasteiger charge is -2.11. The Balaban J connectivity index is 1.86. The first-order valence-electron chi connectivity index (χ1n) is 5.65. The van der Waals surface area contributed by atoms with Gasteiger partial charge in [0.1, 0.15) is 11.6 Å². The molecule has 1 heterocycles. The summed E-state index contributed by atoms with van der Waals surface area (Å²) in [5.74, 6) is 2.54. The van der Waals surface area contributed by atoms with Crippen LogP contribution in [0.3, 0.4) is 0 Å². The van der Waals surface area contributed by atoms with Crippen LogP contribution in [0.1, 0.15) is 25.7 Å². The first-order valence-corrected chi connectivity index (χ1v) is 5.65. The average molecular weight is 206 g/mol. The maximum atomic E-state index is 5.75. The molecule has 15 heavy (non-hydrogen) atoms. The van der Waals surface area contributed by atoms with E-state index in [1.807, 2.05) is 19.2 Å². The molecule has 1 N–H and O–H groups in total. The predicted molar refractivity (Wildman–Crippen MR) is 61.2 cm³/mol. The van der Waals surface area contributed by atoms with Gasteiger partial charge in [0, 0.05) is 19.3 Å². The van der Waals surface area contributed by atoms with E-state index >= 15 is 0 Å². The summed E-state index contributed by atoms with van der Waals surface area (Å²) in [4.78, 5) is 4.15. The van der Waals surface area contributed by atoms with Gasteiger partial charge in [-0.3, -0.25) is 0 Å². The lowest BCUT2D eigenvalue weighted by molar-refractivity contribution is 0.252. The summed E-state index contributed by atoms with van der Waals surface area (Å²) in [6.07, 6.45) is 7.15. The van der Waals surface area contributed by atoms with E-state index in [1.54, 1.807) is 6.20 Å². The summed E-state index contributed by atoms with van der Waals surface area (Å²) in [7, 11) is 1.86. The molecule has 3 heteroatoms. The zero-order chi connectivity index (χ0) is 10.5. The second-order valence-corrected chi connectivity index (χ2v) is 4.09. The predicted octanol–water partition coefficient (Wildman–Crippen LogP) is 2.69. The average Bonchev–Trinajstić information content (AvgIpc) is 2.79. The van der Waals surface area contributed by atoms with Crippen LogP contribution in [0.2, 0.25) is 0 Å². The van der Waals surface area contributed by atoms with Crippen LogP contribution in [0.15, 0.2) is 18.3 Å². The largest absolute Gasteiger partial charge is 0.493 e. The standard InChI is InChI=1S/C12H18N2O/c1-13-12-8-11(6-7-14-12)15-9-10-4-2-3-5-10/h6-8,10H,2-5,9H2,1H3,(H,13,14). The fourth-order valence-electron chi connectivity index (χ4n) is 2.03. The molecule has 3 nitrogen and oxygen atoms in total. The normalized spacial score (nSPS) is 16.6. The SMILES string of the molecule is CNc1cc(OCC2CCCC2)ccn1. The van der Waals surface area contributed by atoms with Crippen LogP contribution in [-0.2, 0) is 0 Å². The maximum absolute atomic E-state index is 5.75. The zero-order valence-corrected chi connectivity index (χ0v) is 9.20. The summed E-state index contributed by atoms with van der Waals surface area (Å²) < 4.78 is 5.75. The quantitative estimate of drug-likeness (QED) is 0.822. The highest BCUT2D eigenvalue weighted by atomic mass is 16.5. The third kappa shape index (κ3) is 2.85. The Labute approximate surface area is 90.9 Å². The molecule has 2 rings (SSSR count). The number of hydrogen-bond acceptors (Lipinski definition) is 3. The number of nitrogens with one attached hydrogen (secondary N) is 1. The van der Waals surface area contributed by atoms with Gasteiger partial charge in [-0.15, -0.1) is 0 Å². The molecule has 1 fully saturated rings. The second-order valence-electron chi connectivity index (χ2n) is 4.09. The van der Waals surface area contributed by atoms with Gasteiger partial charge in [0.2, 0.25) is 0 Å². The number of ether oxygens (including phenoxy) is 1. The van der Waals surface area contributed by atoms with Crippen molar-refractivity contribution >= 4 is 5.82 Å². The molecule has 82 valence electrons. The number of anilines is 1. The van der Waals surface area contributed by atoms with Crippen molar-refractivity contribution in [3.63, 3.8) is 0 Å². The van der Waals surface area contributed by atoms with Crippen molar-refractivity contribution < 1.29 is 4.74 Å². The smallest absolute Gasteiger partial charge is 0.129 e. The van der Waals surface area contributed by atoms with Gasteiger partial charge in [0.15, 0.2) is 0 Å². The first kappa shape index (κ1) is 10.3. The van der Waals surface area contributed by atoms with Crippen molar-refractivity contribution in [1.29, 1.82) is 0 Å². The van der Waals surface area contributed by atoms with Crippen molar-refractivity contribution in [1.82, 2.24) is 4.98 Å². The number of pyridine rings is 1. The summed E-state index contributed by atoms with van der Waals surface area (Å²) in [5, 5.41) is 3.00. The van der Waals surface area contributed by atoms with Gasteiger partial charge in [0.25, 0.3) is 0 Å². The molecule has 0 aromatic carbocycles. The molecule has 0 aliphatic heterocycles. The third-order valence-electron chi connectivity index (χ3n) is 2.95. The van der Waals surface area contributed by atoms with Crippen LogP contribution >= 0.6 is 0 Å². The van der Waals surface area contributed by atoms with Crippen LogP contribution in [0.5, 0.6) is 5.75 Å². The van der Waals surface area contributed by atoms with Crippen LogP contribution in [-0.4, -0.2) is 18.6 Å². The van der Waals surface area contributed by atoms with Crippen LogP contribution in [0, 0.1) is 5.92 Å². The van der Waals surface area contributed by atoms with Crippen molar-refractivity contribution in [3.05, 3.63) is 18.3 Å². The van der Waals surface area contributed by atoms with Crippen molar-refractivity contribution in [2.45, 2.75) is 25.7 Å². The van der Waals surface area contributed by atoms with E-state index < -0.39 is 0 Å². The van der Waals surface area contributed by atoms with Crippen molar-refractivity contribution in [2.24, 2.45) is 5.92 Å². The molecule has 1 aromatic rings. The highest BCUT2D eigenvalue weighted by molar-refractivity contribution is 5.39. The molecule has 1 aliphatic rings. The lowest BCUT2D eigenvalue weighted by atomic mass is 10.1. The van der Waals surface area contributed by atoms with E-state index in [0.29, 0.717) is 0 Å². The minimum absolute atomic E-state index is 0.760. The Morgan fingerprint density at radius 3 is 3.00 bits per heavy atom. The Morgan fingerprint density at radius 1 is 1.47 bits per heavy atom. The molecule has 0 radical (unpaired) electrons. The van der Waals surface area contributed by atoms with Gasteiger partial charge in [-0.2, -0.15) is 0 Å². The molecule has 0 atom stereocenters. The van der Waals surface area contributed by atoms with Gasteiger partial charge < -0.3 is 10.1 Å². The summed E-state index contributed by atoms with van der Waals surface area (Å²) >= 11 is 0. The first-order chi connectivity index (χ1) is 7.38. The zero-order valence-electron chi connectivity index (χ0n) is 9.20. The molecular weight excluding hydrogens is 188 g/mol. The van der Waals surface area contributed by atoms with E-state index in [9.17, 15) is 0 Å². The molecule has 1 aromatic heterocycles. The minimum Gasteiger partial charge on any atom is -0.493 e. The molecule has 0 bridgehead atoms. The monoisotopic (exact) mass is 206 g/mol. The number of rotatable bonds is 4. The Bertz CT molecular complexity index is 308. The number of aromatic nitrogens is 1. The number of nitrogens with zero attached hydrogens (tertiary/aromatic N) is 1. The summed E-state index contributed by atoms with van der Waals surface area (Å²) in [5.41, 5.74) is 0. The van der Waals surface area contributed by atoms with E-state index in [4.69, 9.17) is 4.74 Å². The second kappa shape index (κ2) is 5.01. The van der Waals surface area contributed by atoms with Gasteiger partial charge in [-0.25, -0.2) is 4.98 Å². The number of hydrogen-bond donors (Lipinski definition) is 1. The molecule has 1 saturated carbocycles. The van der Waals surface area contributed by atoms with E-state index in [1.165, 1.54) is 25.7 Å². The Kier molecular flexibility index (Phi) is 3.43. The summed E-state index contributed by atoms with van der Waals surface area (Å²) in [6.45, 7) is 0.854. The van der Waals surface area contributed by atoms with Gasteiger partial charge in [-0.1, -0.05) is 12.8 Å². The molecular formula is C12H18N2O. The lowest BCUT2D eigenvalue weighted by Crippen LogP contribution is -2.08. The van der Waals surface area contributed by atoms with Gasteiger partial charge >= 0.3 is 0 Å². The third-order valence-corrected chi connectivity index (χ3v) is 2.95. The fraction of sp³-hybridized carbons (Fsp3) is 0.583. The van der Waals surface area contributed by atoms with Crippen molar-refractivity contribution in [3.8, 4) is 5.75 Å². The Morgan fingerprint density at radius 2 is 2.27 bits per heavy atom. The maximum Gasteiger partial charge on any atom is 0.129 e. The molecule has 0 saturated heterocycles. The van der Waals surface area contributed by atoms with Crippen LogP contribution < -0.4 is 10.1 Å². The summed E-state index contributed by atoms with van der Waals surface area (Å²) in [6, 6.07) is 3.85. The molecule has 1 aliphatic carbocycles. The highest BCUT2D eigenvalue weighted by Crippen LogP contribution is 2.25. The van der Waals surface area contributed by atoms with E-state index in [-0.39, 0.29) is 0 Å². The van der Waals surface area contributed by atoms with E-state index in [2.05, 4.69) is 10.3 Å². The van der Waals surface area contributed by atoms with E-state index in [0.717, 1.165) is 24.1 Å². The molecule has 0 unspecified atom stereocenters. The van der Waals surface area contributed by atoms with Gasteiger partial charge in [0.05, 0.1) is 6.61 Å². The van der Waals surface area contributed by atoms with Crippen LogP contribution in [0.4, 0.5) is 5.82 Å². The van der Waals surface area contributed by atoms with Gasteiger partial charge in [-0.05, 0) is 24.8 Å². The highest BCUT2D eigenvalue weighted by Gasteiger charge is 2.15. The fourth-order valence-corrected chi connectivity index (χ4v) is 2.03. The minimum atomic E-state index is 0.760.